The molecule has 0 heterocycles. The number of ketones is 1. The van der Waals surface area contributed by atoms with Crippen LogP contribution in [0.2, 0.25) is 0 Å². The Morgan fingerprint density at radius 2 is 1.14 bits per heavy atom. The minimum Gasteiger partial charge on any atom is -0.289 e. The lowest BCUT2D eigenvalue weighted by Crippen LogP contribution is -2.30. The molecule has 35 heavy (non-hydrogen) atoms. The van der Waals surface area contributed by atoms with Crippen LogP contribution in [0.15, 0.2) is 84.9 Å². The Morgan fingerprint density at radius 1 is 0.657 bits per heavy atom. The van der Waals surface area contributed by atoms with Gasteiger partial charge < -0.3 is 0 Å². The van der Waals surface area contributed by atoms with Gasteiger partial charge in [-0.3, -0.25) is 4.79 Å². The van der Waals surface area contributed by atoms with Crippen molar-refractivity contribution in [1.29, 1.82) is 0 Å². The van der Waals surface area contributed by atoms with E-state index in [0.717, 1.165) is 23.3 Å². The highest BCUT2D eigenvalue weighted by atomic mass is 31.1. The Kier molecular flexibility index (Phi) is 7.28. The summed E-state index contributed by atoms with van der Waals surface area (Å²) in [4.78, 5) is 12.6. The molecular formula is C29H21F4OP. The molecule has 1 nitrogen and oxygen atoms in total. The summed E-state index contributed by atoms with van der Waals surface area (Å²) < 4.78 is 59.8. The van der Waals surface area contributed by atoms with Crippen LogP contribution in [-0.2, 0) is 0 Å². The van der Waals surface area contributed by atoms with E-state index in [2.05, 4.69) is 0 Å². The minimum absolute atomic E-state index is 0.308. The molecule has 0 unspecified atom stereocenters. The van der Waals surface area contributed by atoms with E-state index in [0.29, 0.717) is 16.2 Å². The van der Waals surface area contributed by atoms with Crippen molar-refractivity contribution < 1.29 is 22.4 Å². The van der Waals surface area contributed by atoms with Gasteiger partial charge in [-0.05, 0) is 55.7 Å². The second-order valence-corrected chi connectivity index (χ2v) is 10.1. The van der Waals surface area contributed by atoms with Gasteiger partial charge in [0.15, 0.2) is 29.1 Å². The van der Waals surface area contributed by atoms with Crippen LogP contribution in [0.25, 0.3) is 6.08 Å². The van der Waals surface area contributed by atoms with E-state index in [1.807, 2.05) is 38.1 Å². The van der Waals surface area contributed by atoms with Crippen LogP contribution in [0.5, 0.6) is 0 Å². The second-order valence-electron chi connectivity index (χ2n) is 7.99. The predicted molar refractivity (Wildman–Crippen MR) is 134 cm³/mol. The Bertz CT molecular complexity index is 1390. The first-order chi connectivity index (χ1) is 16.8. The molecule has 0 saturated heterocycles. The Morgan fingerprint density at radius 3 is 1.69 bits per heavy atom. The fraction of sp³-hybridized carbons (Fsp3) is 0.0690. The third-order valence-corrected chi connectivity index (χ3v) is 8.53. The average molecular weight is 492 g/mol. The SMILES string of the molecule is Cc1ccccc1P(c1ccccc1C)c1c(F)c(F)c(F)c(F)c1/C=C/C(=O)c1ccccc1. The Hall–Kier alpha value is -3.56. The van der Waals surface area contributed by atoms with Gasteiger partial charge in [0.05, 0.1) is 0 Å². The Balaban J connectivity index is 2.01. The standard InChI is InChI=1S/C29H21F4OP/c1-18-10-6-8-14-23(18)35(24-15-9-7-11-19(24)2)29-21(25(30)26(31)27(32)28(29)33)16-17-22(34)20-12-4-3-5-13-20/h3-17H,1-2H3/b17-16+. The number of carbonyl (C=O) groups is 1. The molecule has 0 aliphatic rings. The molecule has 4 aromatic carbocycles. The number of aryl methyl sites for hydroxylation is 2. The molecule has 176 valence electrons. The normalized spacial score (nSPS) is 11.4. The van der Waals surface area contributed by atoms with E-state index < -0.39 is 42.5 Å². The molecule has 0 amide bonds. The van der Waals surface area contributed by atoms with Gasteiger partial charge in [0.25, 0.3) is 0 Å². The molecule has 0 saturated carbocycles. The van der Waals surface area contributed by atoms with Crippen molar-refractivity contribution in [2.24, 2.45) is 0 Å². The summed E-state index contributed by atoms with van der Waals surface area (Å²) in [5, 5.41) is 1.03. The van der Waals surface area contributed by atoms with E-state index in [1.165, 1.54) is 0 Å². The molecule has 0 fully saturated rings. The number of allylic oxidation sites excluding steroid dienone is 1. The van der Waals surface area contributed by atoms with Crippen LogP contribution in [0.4, 0.5) is 17.6 Å². The summed E-state index contributed by atoms with van der Waals surface area (Å²) in [5.41, 5.74) is 1.43. The summed E-state index contributed by atoms with van der Waals surface area (Å²) in [6, 6.07) is 22.6. The fourth-order valence-electron chi connectivity index (χ4n) is 3.86. The predicted octanol–water partition coefficient (Wildman–Crippen LogP) is 6.51. The molecule has 0 N–H and O–H groups in total. The van der Waals surface area contributed by atoms with Gasteiger partial charge in [-0.15, -0.1) is 0 Å². The van der Waals surface area contributed by atoms with E-state index in [1.54, 1.807) is 54.6 Å². The number of halogens is 4. The molecule has 0 aliphatic carbocycles. The maximum Gasteiger partial charge on any atom is 0.198 e. The summed E-state index contributed by atoms with van der Waals surface area (Å²) in [6.07, 6.45) is 2.09. The van der Waals surface area contributed by atoms with Crippen molar-refractivity contribution in [2.45, 2.75) is 13.8 Å². The largest absolute Gasteiger partial charge is 0.289 e. The van der Waals surface area contributed by atoms with Crippen molar-refractivity contribution in [3.63, 3.8) is 0 Å². The van der Waals surface area contributed by atoms with E-state index in [9.17, 15) is 13.6 Å². The first-order valence-corrected chi connectivity index (χ1v) is 12.2. The first-order valence-electron chi connectivity index (χ1n) is 10.9. The molecule has 0 bridgehead atoms. The third kappa shape index (κ3) is 4.82. The van der Waals surface area contributed by atoms with Crippen LogP contribution in [-0.4, -0.2) is 5.78 Å². The van der Waals surface area contributed by atoms with Crippen molar-refractivity contribution in [1.82, 2.24) is 0 Å². The lowest BCUT2D eigenvalue weighted by Gasteiger charge is -2.25. The third-order valence-electron chi connectivity index (χ3n) is 5.67. The number of hydrogen-bond donors (Lipinski definition) is 0. The second kappa shape index (κ2) is 10.4. The van der Waals surface area contributed by atoms with Gasteiger partial charge in [-0.1, -0.05) is 78.9 Å². The molecule has 0 radical (unpaired) electrons. The molecular weight excluding hydrogens is 471 g/mol. The van der Waals surface area contributed by atoms with E-state index in [4.69, 9.17) is 0 Å². The minimum atomic E-state index is -1.91. The van der Waals surface area contributed by atoms with Gasteiger partial charge >= 0.3 is 0 Å². The highest BCUT2D eigenvalue weighted by Crippen LogP contribution is 2.39. The summed E-state index contributed by atoms with van der Waals surface area (Å²) in [7, 11) is -1.84. The number of benzene rings is 4. The molecule has 0 aliphatic heterocycles. The monoisotopic (exact) mass is 492 g/mol. The molecule has 0 aromatic heterocycles. The molecule has 0 atom stereocenters. The van der Waals surface area contributed by atoms with Crippen molar-refractivity contribution >= 4 is 35.7 Å². The zero-order valence-electron chi connectivity index (χ0n) is 19.0. The van der Waals surface area contributed by atoms with E-state index in [-0.39, 0.29) is 5.30 Å². The summed E-state index contributed by atoms with van der Waals surface area (Å²) in [5.74, 6) is -7.27. The summed E-state index contributed by atoms with van der Waals surface area (Å²) >= 11 is 0. The average Bonchev–Trinajstić information content (AvgIpc) is 2.87. The van der Waals surface area contributed by atoms with Crippen LogP contribution in [0, 0.1) is 37.1 Å². The molecule has 0 spiro atoms. The molecule has 4 rings (SSSR count). The van der Waals surface area contributed by atoms with Gasteiger partial charge in [-0.2, -0.15) is 0 Å². The van der Waals surface area contributed by atoms with Crippen LogP contribution in [0.3, 0.4) is 0 Å². The molecule has 4 aromatic rings. The number of carbonyl (C=O) groups excluding carboxylic acids is 1. The maximum absolute atomic E-state index is 15.6. The number of rotatable bonds is 6. The zero-order chi connectivity index (χ0) is 25.1. The summed E-state index contributed by atoms with van der Waals surface area (Å²) in [6.45, 7) is 3.65. The lowest BCUT2D eigenvalue weighted by atomic mass is 10.1. The van der Waals surface area contributed by atoms with Crippen LogP contribution in [0.1, 0.15) is 27.0 Å². The Labute approximate surface area is 202 Å². The van der Waals surface area contributed by atoms with E-state index >= 15 is 8.78 Å². The maximum atomic E-state index is 15.6. The van der Waals surface area contributed by atoms with Crippen LogP contribution < -0.4 is 15.9 Å². The highest BCUT2D eigenvalue weighted by molar-refractivity contribution is 7.80. The smallest absolute Gasteiger partial charge is 0.198 e. The topological polar surface area (TPSA) is 17.1 Å². The molecule has 6 heteroatoms. The van der Waals surface area contributed by atoms with Gasteiger partial charge in [0.2, 0.25) is 0 Å². The van der Waals surface area contributed by atoms with Crippen molar-refractivity contribution in [3.8, 4) is 0 Å². The van der Waals surface area contributed by atoms with Gasteiger partial charge in [0.1, 0.15) is 0 Å². The first kappa shape index (κ1) is 24.6. The fourth-order valence-corrected chi connectivity index (χ4v) is 6.64. The number of hydrogen-bond acceptors (Lipinski definition) is 1. The van der Waals surface area contributed by atoms with Crippen molar-refractivity contribution in [3.05, 3.63) is 130 Å². The quantitative estimate of drug-likeness (QED) is 0.0749. The lowest BCUT2D eigenvalue weighted by molar-refractivity contribution is 0.104. The van der Waals surface area contributed by atoms with Gasteiger partial charge in [0, 0.05) is 16.4 Å². The van der Waals surface area contributed by atoms with Crippen LogP contribution >= 0.6 is 7.92 Å². The highest BCUT2D eigenvalue weighted by Gasteiger charge is 2.32. The zero-order valence-corrected chi connectivity index (χ0v) is 19.9. The van der Waals surface area contributed by atoms with Crippen molar-refractivity contribution in [2.75, 3.05) is 0 Å². The van der Waals surface area contributed by atoms with Gasteiger partial charge in [-0.25, -0.2) is 17.6 Å².